The molecule has 28 heavy (non-hydrogen) atoms. The highest BCUT2D eigenvalue weighted by molar-refractivity contribution is 5.67. The summed E-state index contributed by atoms with van der Waals surface area (Å²) in [4.78, 5) is 0. The van der Waals surface area contributed by atoms with E-state index in [4.69, 9.17) is 4.74 Å². The lowest BCUT2D eigenvalue weighted by atomic mass is 9.77. The SMILES string of the molecule is CCCC1CCC(c2ccc(-c3ccc4c(c3F)OCC(CC)C4)cc2)CC1. The van der Waals surface area contributed by atoms with Crippen molar-refractivity contribution in [3.05, 3.63) is 53.3 Å². The highest BCUT2D eigenvalue weighted by atomic mass is 19.1. The Bertz CT molecular complexity index is 787. The van der Waals surface area contributed by atoms with Crippen LogP contribution in [0.3, 0.4) is 0 Å². The zero-order valence-corrected chi connectivity index (χ0v) is 17.3. The second-order valence-corrected chi connectivity index (χ2v) is 8.83. The standard InChI is InChI=1S/C26H33FO/c1-3-5-19-6-8-20(9-7-19)21-10-12-22(13-11-21)24-15-14-23-16-18(4-2)17-28-26(23)25(24)27/h10-15,18-20H,3-9,16-17H2,1-2H3. The second-order valence-electron chi connectivity index (χ2n) is 8.83. The van der Waals surface area contributed by atoms with Crippen molar-refractivity contribution in [2.45, 2.75) is 71.1 Å². The van der Waals surface area contributed by atoms with Crippen LogP contribution in [-0.2, 0) is 6.42 Å². The van der Waals surface area contributed by atoms with Gasteiger partial charge >= 0.3 is 0 Å². The lowest BCUT2D eigenvalue weighted by Gasteiger charge is -2.28. The van der Waals surface area contributed by atoms with Gasteiger partial charge in [-0.1, -0.05) is 63.1 Å². The number of hydrogen-bond donors (Lipinski definition) is 0. The van der Waals surface area contributed by atoms with Gasteiger partial charge in [0.25, 0.3) is 0 Å². The molecule has 1 fully saturated rings. The topological polar surface area (TPSA) is 9.23 Å². The van der Waals surface area contributed by atoms with Crippen LogP contribution >= 0.6 is 0 Å². The summed E-state index contributed by atoms with van der Waals surface area (Å²) in [6.45, 7) is 5.09. The number of hydrogen-bond acceptors (Lipinski definition) is 1. The van der Waals surface area contributed by atoms with E-state index in [1.54, 1.807) is 0 Å². The van der Waals surface area contributed by atoms with Gasteiger partial charge in [-0.25, -0.2) is 4.39 Å². The molecule has 0 amide bonds. The van der Waals surface area contributed by atoms with E-state index in [9.17, 15) is 0 Å². The molecule has 0 saturated heterocycles. The van der Waals surface area contributed by atoms with Crippen molar-refractivity contribution in [3.8, 4) is 16.9 Å². The van der Waals surface area contributed by atoms with Crippen molar-refractivity contribution in [1.82, 2.24) is 0 Å². The van der Waals surface area contributed by atoms with Gasteiger partial charge in [0.05, 0.1) is 6.61 Å². The van der Waals surface area contributed by atoms with E-state index in [-0.39, 0.29) is 5.82 Å². The van der Waals surface area contributed by atoms with E-state index in [1.807, 2.05) is 6.07 Å². The Hall–Kier alpha value is -1.83. The van der Waals surface area contributed by atoms with Crippen molar-refractivity contribution in [2.75, 3.05) is 6.61 Å². The Morgan fingerprint density at radius 3 is 2.36 bits per heavy atom. The highest BCUT2D eigenvalue weighted by Gasteiger charge is 2.24. The van der Waals surface area contributed by atoms with E-state index in [1.165, 1.54) is 44.1 Å². The molecular weight excluding hydrogens is 347 g/mol. The molecule has 2 aromatic rings. The predicted molar refractivity (Wildman–Crippen MR) is 114 cm³/mol. The van der Waals surface area contributed by atoms with Gasteiger partial charge in [-0.2, -0.15) is 0 Å². The number of benzene rings is 2. The van der Waals surface area contributed by atoms with Crippen molar-refractivity contribution >= 4 is 0 Å². The van der Waals surface area contributed by atoms with E-state index in [0.29, 0.717) is 29.8 Å². The third kappa shape index (κ3) is 3.97. The minimum Gasteiger partial charge on any atom is -0.490 e. The summed E-state index contributed by atoms with van der Waals surface area (Å²) in [6.07, 6.45) is 9.98. The van der Waals surface area contributed by atoms with Crippen molar-refractivity contribution in [1.29, 1.82) is 0 Å². The minimum atomic E-state index is -0.195. The average Bonchev–Trinajstić information content (AvgIpc) is 2.75. The monoisotopic (exact) mass is 380 g/mol. The summed E-state index contributed by atoms with van der Waals surface area (Å²) in [5.41, 5.74) is 4.04. The fourth-order valence-corrected chi connectivity index (χ4v) is 5.10. The van der Waals surface area contributed by atoms with Crippen molar-refractivity contribution < 1.29 is 9.13 Å². The molecule has 1 unspecified atom stereocenters. The minimum absolute atomic E-state index is 0.195. The van der Waals surface area contributed by atoms with Crippen LogP contribution in [0.4, 0.5) is 4.39 Å². The molecule has 1 aliphatic carbocycles. The first kappa shape index (κ1) is 19.5. The van der Waals surface area contributed by atoms with Crippen LogP contribution in [-0.4, -0.2) is 6.61 Å². The van der Waals surface area contributed by atoms with Gasteiger partial charge in [-0.15, -0.1) is 0 Å². The zero-order chi connectivity index (χ0) is 19.5. The molecule has 0 aromatic heterocycles. The van der Waals surface area contributed by atoms with E-state index in [2.05, 4.69) is 44.2 Å². The van der Waals surface area contributed by atoms with E-state index >= 15 is 4.39 Å². The largest absolute Gasteiger partial charge is 0.490 e. The normalized spacial score (nSPS) is 24.5. The Kier molecular flexibility index (Phi) is 6.04. The number of halogens is 1. The summed E-state index contributed by atoms with van der Waals surface area (Å²) in [6, 6.07) is 12.6. The highest BCUT2D eigenvalue weighted by Crippen LogP contribution is 2.40. The number of rotatable bonds is 5. The molecule has 1 nitrogen and oxygen atoms in total. The summed E-state index contributed by atoms with van der Waals surface area (Å²) in [5, 5.41) is 0. The molecule has 2 aliphatic rings. The van der Waals surface area contributed by atoms with Crippen LogP contribution < -0.4 is 4.74 Å². The molecule has 1 atom stereocenters. The molecule has 150 valence electrons. The van der Waals surface area contributed by atoms with Crippen LogP contribution in [0.2, 0.25) is 0 Å². The summed E-state index contributed by atoms with van der Waals surface area (Å²) < 4.78 is 20.9. The third-order valence-electron chi connectivity index (χ3n) is 6.96. The molecule has 1 heterocycles. The molecule has 0 radical (unpaired) electrons. The van der Waals surface area contributed by atoms with Gasteiger partial charge in [0.1, 0.15) is 0 Å². The van der Waals surface area contributed by atoms with E-state index < -0.39 is 0 Å². The Labute approximate surface area is 169 Å². The number of fused-ring (bicyclic) bond motifs is 1. The van der Waals surface area contributed by atoms with Gasteiger partial charge in [0.15, 0.2) is 11.6 Å². The lowest BCUT2D eigenvalue weighted by Crippen LogP contribution is -2.21. The Morgan fingerprint density at radius 2 is 1.68 bits per heavy atom. The molecule has 1 aliphatic heterocycles. The zero-order valence-electron chi connectivity index (χ0n) is 17.3. The average molecular weight is 381 g/mol. The maximum atomic E-state index is 15.1. The van der Waals surface area contributed by atoms with Gasteiger partial charge in [0, 0.05) is 5.56 Å². The quantitative estimate of drug-likeness (QED) is 0.521. The van der Waals surface area contributed by atoms with Crippen LogP contribution in [0.25, 0.3) is 11.1 Å². The Morgan fingerprint density at radius 1 is 0.929 bits per heavy atom. The van der Waals surface area contributed by atoms with Gasteiger partial charge in [-0.3, -0.25) is 0 Å². The first-order valence-corrected chi connectivity index (χ1v) is 11.2. The fourth-order valence-electron chi connectivity index (χ4n) is 5.10. The van der Waals surface area contributed by atoms with Gasteiger partial charge < -0.3 is 4.74 Å². The fraction of sp³-hybridized carbons (Fsp3) is 0.538. The summed E-state index contributed by atoms with van der Waals surface area (Å²) in [5.74, 6) is 2.38. The lowest BCUT2D eigenvalue weighted by molar-refractivity contribution is 0.209. The Balaban J connectivity index is 1.49. The number of ether oxygens (including phenoxy) is 1. The molecular formula is C26H33FO. The van der Waals surface area contributed by atoms with E-state index in [0.717, 1.165) is 29.9 Å². The molecule has 0 bridgehead atoms. The van der Waals surface area contributed by atoms with Crippen LogP contribution in [0.5, 0.6) is 5.75 Å². The van der Waals surface area contributed by atoms with Crippen LogP contribution in [0.1, 0.15) is 75.8 Å². The molecule has 1 saturated carbocycles. The predicted octanol–water partition coefficient (Wildman–Crippen LogP) is 7.53. The molecule has 0 N–H and O–H groups in total. The second kappa shape index (κ2) is 8.68. The van der Waals surface area contributed by atoms with Crippen LogP contribution in [0, 0.1) is 17.7 Å². The van der Waals surface area contributed by atoms with Gasteiger partial charge in [-0.05, 0) is 73.0 Å². The van der Waals surface area contributed by atoms with Gasteiger partial charge in [0.2, 0.25) is 0 Å². The van der Waals surface area contributed by atoms with Crippen molar-refractivity contribution in [2.24, 2.45) is 11.8 Å². The smallest absolute Gasteiger partial charge is 0.173 e. The maximum absolute atomic E-state index is 15.1. The maximum Gasteiger partial charge on any atom is 0.173 e. The van der Waals surface area contributed by atoms with Crippen molar-refractivity contribution in [3.63, 3.8) is 0 Å². The summed E-state index contributed by atoms with van der Waals surface area (Å²) >= 11 is 0. The molecule has 4 rings (SSSR count). The first-order valence-electron chi connectivity index (χ1n) is 11.2. The first-order chi connectivity index (χ1) is 13.7. The molecule has 2 heteroatoms. The molecule has 2 aromatic carbocycles. The summed E-state index contributed by atoms with van der Waals surface area (Å²) in [7, 11) is 0. The van der Waals surface area contributed by atoms with Crippen LogP contribution in [0.15, 0.2) is 36.4 Å². The third-order valence-corrected chi connectivity index (χ3v) is 6.96. The molecule has 0 spiro atoms.